The second-order valence-electron chi connectivity index (χ2n) is 3.67. The van der Waals surface area contributed by atoms with Crippen molar-refractivity contribution in [2.75, 3.05) is 23.7 Å². The second-order valence-corrected chi connectivity index (χ2v) is 4.98. The Bertz CT molecular complexity index is 386. The Hall–Kier alpha value is -1.16. The van der Waals surface area contributed by atoms with Gasteiger partial charge in [-0.3, -0.25) is 5.41 Å². The zero-order valence-corrected chi connectivity index (χ0v) is 11.6. The van der Waals surface area contributed by atoms with Crippen molar-refractivity contribution in [1.82, 2.24) is 0 Å². The van der Waals surface area contributed by atoms with Gasteiger partial charge in [0.25, 0.3) is 0 Å². The normalized spacial score (nSPS) is 10.3. The van der Waals surface area contributed by atoms with Crippen molar-refractivity contribution in [2.45, 2.75) is 25.7 Å². The number of nitrogens with zero attached hydrogens (tertiary/aromatic N) is 1. The third kappa shape index (κ3) is 3.16. The highest BCUT2D eigenvalue weighted by molar-refractivity contribution is 7.99. The van der Waals surface area contributed by atoms with E-state index in [1.165, 1.54) is 0 Å². The van der Waals surface area contributed by atoms with Crippen LogP contribution in [0.4, 0.5) is 5.69 Å². The highest BCUT2D eigenvalue weighted by Gasteiger charge is 2.14. The molecule has 0 bridgehead atoms. The van der Waals surface area contributed by atoms with Crippen molar-refractivity contribution in [1.29, 1.82) is 5.41 Å². The van der Waals surface area contributed by atoms with Gasteiger partial charge in [-0.05, 0) is 31.7 Å². The Kier molecular flexibility index (Phi) is 5.35. The Morgan fingerprint density at radius 3 is 2.41 bits per heavy atom. The van der Waals surface area contributed by atoms with Gasteiger partial charge in [0.1, 0.15) is 5.84 Å². The number of rotatable bonds is 6. The summed E-state index contributed by atoms with van der Waals surface area (Å²) >= 11 is 1.74. The molecule has 94 valence electrons. The Labute approximate surface area is 108 Å². The fraction of sp³-hybridized carbons (Fsp3) is 0.462. The standard InChI is InChI=1S/C13H21N3S/c1-4-16(5-2)10-8-7-9-11(17-6-3)12(10)13(14)15/h7-9H,4-6H2,1-3H3,(H3,14,15). The maximum absolute atomic E-state index is 7.78. The van der Waals surface area contributed by atoms with Crippen molar-refractivity contribution in [3.05, 3.63) is 23.8 Å². The van der Waals surface area contributed by atoms with Crippen molar-refractivity contribution < 1.29 is 0 Å². The van der Waals surface area contributed by atoms with E-state index in [0.29, 0.717) is 0 Å². The minimum absolute atomic E-state index is 0.156. The fourth-order valence-electron chi connectivity index (χ4n) is 1.89. The summed E-state index contributed by atoms with van der Waals surface area (Å²) in [5.74, 6) is 1.14. The zero-order valence-electron chi connectivity index (χ0n) is 10.8. The van der Waals surface area contributed by atoms with Crippen LogP contribution in [0.25, 0.3) is 0 Å². The molecule has 3 N–H and O–H groups in total. The topological polar surface area (TPSA) is 53.1 Å². The number of anilines is 1. The van der Waals surface area contributed by atoms with Gasteiger partial charge in [-0.1, -0.05) is 13.0 Å². The van der Waals surface area contributed by atoms with Crippen LogP contribution in [-0.2, 0) is 0 Å². The highest BCUT2D eigenvalue weighted by atomic mass is 32.2. The molecule has 17 heavy (non-hydrogen) atoms. The van der Waals surface area contributed by atoms with Gasteiger partial charge in [0.15, 0.2) is 0 Å². The first-order valence-electron chi connectivity index (χ1n) is 6.00. The van der Waals surface area contributed by atoms with Crippen LogP contribution in [0, 0.1) is 5.41 Å². The predicted molar refractivity (Wildman–Crippen MR) is 77.4 cm³/mol. The average molecular weight is 251 g/mol. The first-order valence-corrected chi connectivity index (χ1v) is 6.99. The molecule has 1 rings (SSSR count). The molecule has 0 saturated heterocycles. The Morgan fingerprint density at radius 1 is 1.29 bits per heavy atom. The molecule has 0 radical (unpaired) electrons. The van der Waals surface area contributed by atoms with Crippen molar-refractivity contribution in [3.63, 3.8) is 0 Å². The fourth-order valence-corrected chi connectivity index (χ4v) is 2.74. The summed E-state index contributed by atoms with van der Waals surface area (Å²) in [4.78, 5) is 3.33. The van der Waals surface area contributed by atoms with Gasteiger partial charge >= 0.3 is 0 Å². The number of benzene rings is 1. The van der Waals surface area contributed by atoms with E-state index in [1.807, 2.05) is 18.2 Å². The summed E-state index contributed by atoms with van der Waals surface area (Å²) in [7, 11) is 0. The summed E-state index contributed by atoms with van der Waals surface area (Å²) in [5.41, 5.74) is 7.68. The van der Waals surface area contributed by atoms with Crippen LogP contribution in [0.5, 0.6) is 0 Å². The maximum Gasteiger partial charge on any atom is 0.126 e. The van der Waals surface area contributed by atoms with Crippen LogP contribution in [0.3, 0.4) is 0 Å². The molecule has 0 fully saturated rings. The molecule has 3 nitrogen and oxygen atoms in total. The van der Waals surface area contributed by atoms with Gasteiger partial charge < -0.3 is 10.6 Å². The number of nitrogens with one attached hydrogen (secondary N) is 1. The summed E-state index contributed by atoms with van der Waals surface area (Å²) < 4.78 is 0. The molecule has 0 spiro atoms. The van der Waals surface area contributed by atoms with Crippen molar-refractivity contribution in [3.8, 4) is 0 Å². The molecule has 0 unspecified atom stereocenters. The van der Waals surface area contributed by atoms with Gasteiger partial charge in [-0.25, -0.2) is 0 Å². The molecule has 0 saturated carbocycles. The first-order chi connectivity index (χ1) is 8.15. The van der Waals surface area contributed by atoms with E-state index in [-0.39, 0.29) is 5.84 Å². The van der Waals surface area contributed by atoms with Gasteiger partial charge in [0, 0.05) is 23.7 Å². The molecule has 0 amide bonds. The summed E-state index contributed by atoms with van der Waals surface area (Å²) in [5, 5.41) is 7.78. The van der Waals surface area contributed by atoms with Crippen LogP contribution in [0.15, 0.2) is 23.1 Å². The number of amidine groups is 1. The lowest BCUT2D eigenvalue weighted by atomic mass is 10.1. The van der Waals surface area contributed by atoms with E-state index < -0.39 is 0 Å². The molecule has 0 aromatic heterocycles. The summed E-state index contributed by atoms with van der Waals surface area (Å²) in [6.07, 6.45) is 0. The maximum atomic E-state index is 7.78. The molecule has 0 heterocycles. The lowest BCUT2D eigenvalue weighted by Gasteiger charge is -2.25. The molecular weight excluding hydrogens is 230 g/mol. The Morgan fingerprint density at radius 2 is 1.94 bits per heavy atom. The molecule has 0 aliphatic carbocycles. The van der Waals surface area contributed by atoms with E-state index in [4.69, 9.17) is 11.1 Å². The number of hydrogen-bond donors (Lipinski definition) is 2. The molecule has 0 aliphatic heterocycles. The molecule has 0 aliphatic rings. The number of thioether (sulfide) groups is 1. The van der Waals surface area contributed by atoms with Gasteiger partial charge in [0.05, 0.1) is 5.56 Å². The van der Waals surface area contributed by atoms with E-state index in [9.17, 15) is 0 Å². The summed E-state index contributed by atoms with van der Waals surface area (Å²) in [6.45, 7) is 8.20. The largest absolute Gasteiger partial charge is 0.384 e. The molecule has 0 atom stereocenters. The van der Waals surface area contributed by atoms with Gasteiger partial charge in [-0.15, -0.1) is 11.8 Å². The third-order valence-corrected chi connectivity index (χ3v) is 3.62. The lowest BCUT2D eigenvalue weighted by Crippen LogP contribution is -2.26. The van der Waals surface area contributed by atoms with E-state index in [1.54, 1.807) is 11.8 Å². The number of nitrogens with two attached hydrogens (primary N) is 1. The van der Waals surface area contributed by atoms with Gasteiger partial charge in [0.2, 0.25) is 0 Å². The third-order valence-electron chi connectivity index (χ3n) is 2.68. The zero-order chi connectivity index (χ0) is 12.8. The quantitative estimate of drug-likeness (QED) is 0.464. The Balaban J connectivity index is 3.28. The number of nitrogen functional groups attached to an aromatic ring is 1. The van der Waals surface area contributed by atoms with Crippen molar-refractivity contribution in [2.24, 2.45) is 5.73 Å². The molecule has 1 aromatic rings. The van der Waals surface area contributed by atoms with Crippen molar-refractivity contribution >= 4 is 23.3 Å². The molecule has 1 aromatic carbocycles. The minimum Gasteiger partial charge on any atom is -0.384 e. The predicted octanol–water partition coefficient (Wildman–Crippen LogP) is 2.93. The van der Waals surface area contributed by atoms with Crippen LogP contribution >= 0.6 is 11.8 Å². The minimum atomic E-state index is 0.156. The smallest absolute Gasteiger partial charge is 0.126 e. The van der Waals surface area contributed by atoms with E-state index >= 15 is 0 Å². The van der Waals surface area contributed by atoms with E-state index in [2.05, 4.69) is 25.7 Å². The monoisotopic (exact) mass is 251 g/mol. The second kappa shape index (κ2) is 6.55. The average Bonchev–Trinajstić information content (AvgIpc) is 2.31. The van der Waals surface area contributed by atoms with Crippen LogP contribution in [0.2, 0.25) is 0 Å². The summed E-state index contributed by atoms with van der Waals surface area (Å²) in [6, 6.07) is 6.12. The number of hydrogen-bond acceptors (Lipinski definition) is 3. The molecule has 4 heteroatoms. The lowest BCUT2D eigenvalue weighted by molar-refractivity contribution is 0.862. The first kappa shape index (κ1) is 13.9. The van der Waals surface area contributed by atoms with E-state index in [0.717, 1.165) is 35.0 Å². The van der Waals surface area contributed by atoms with Crippen LogP contribution in [-0.4, -0.2) is 24.7 Å². The van der Waals surface area contributed by atoms with Crippen LogP contribution in [0.1, 0.15) is 26.3 Å². The molecular formula is C13H21N3S. The van der Waals surface area contributed by atoms with Gasteiger partial charge in [-0.2, -0.15) is 0 Å². The highest BCUT2D eigenvalue weighted by Crippen LogP contribution is 2.30. The SMILES string of the molecule is CCSc1cccc(N(CC)CC)c1C(=N)N. The van der Waals surface area contributed by atoms with Crippen LogP contribution < -0.4 is 10.6 Å².